The molecule has 0 aliphatic rings. The van der Waals surface area contributed by atoms with Crippen LogP contribution in [0.3, 0.4) is 0 Å². The molecule has 80 valence electrons. The summed E-state index contributed by atoms with van der Waals surface area (Å²) in [5, 5.41) is 0. The van der Waals surface area contributed by atoms with Gasteiger partial charge in [0, 0.05) is 24.5 Å². The highest BCUT2D eigenvalue weighted by Crippen LogP contribution is 2.22. The second kappa shape index (κ2) is 4.39. The SMILES string of the molecule is N[N+](=O)c1ccc(Oc2ccncc2)cc1. The van der Waals surface area contributed by atoms with Crippen LogP contribution in [-0.2, 0) is 0 Å². The smallest absolute Gasteiger partial charge is 0.291 e. The summed E-state index contributed by atoms with van der Waals surface area (Å²) in [5.74, 6) is 6.37. The predicted octanol–water partition coefficient (Wildman–Crippen LogP) is 2.16. The zero-order chi connectivity index (χ0) is 11.4. The number of nitroso groups, excluding NO2 is 1. The number of pyridine rings is 1. The molecule has 0 saturated carbocycles. The molecule has 0 aliphatic heterocycles. The first kappa shape index (κ1) is 10.1. The Bertz CT molecular complexity index is 482. The largest absolute Gasteiger partial charge is 0.457 e. The Labute approximate surface area is 92.0 Å². The minimum Gasteiger partial charge on any atom is -0.457 e. The van der Waals surface area contributed by atoms with Gasteiger partial charge in [-0.25, -0.2) is 0 Å². The van der Waals surface area contributed by atoms with E-state index in [0.717, 1.165) is 0 Å². The summed E-state index contributed by atoms with van der Waals surface area (Å²) in [5.41, 5.74) is 0.377. The number of hydrogen-bond acceptors (Lipinski definition) is 3. The lowest BCUT2D eigenvalue weighted by Gasteiger charge is -2.03. The topological polar surface area (TPSA) is 68.2 Å². The summed E-state index contributed by atoms with van der Waals surface area (Å²) in [6, 6.07) is 10.0. The molecule has 0 amide bonds. The number of ether oxygens (including phenoxy) is 1. The van der Waals surface area contributed by atoms with Crippen LogP contribution in [0.5, 0.6) is 11.5 Å². The van der Waals surface area contributed by atoms with Crippen LogP contribution < -0.4 is 10.6 Å². The van der Waals surface area contributed by atoms with Crippen LogP contribution in [0.4, 0.5) is 5.69 Å². The van der Waals surface area contributed by atoms with E-state index in [1.165, 1.54) is 0 Å². The van der Waals surface area contributed by atoms with Crippen molar-refractivity contribution in [1.29, 1.82) is 0 Å². The Balaban J connectivity index is 2.14. The van der Waals surface area contributed by atoms with E-state index in [0.29, 0.717) is 22.1 Å². The van der Waals surface area contributed by atoms with Gasteiger partial charge in [-0.05, 0) is 24.3 Å². The standard InChI is InChI=1S/C11H10N3O2/c12-14(15)9-1-3-10(4-2-9)16-11-5-7-13-8-6-11/h1-8H,(H2,12,15)/q+1. The van der Waals surface area contributed by atoms with Crippen molar-refractivity contribution >= 4 is 5.69 Å². The summed E-state index contributed by atoms with van der Waals surface area (Å²) < 4.78 is 5.51. The maximum Gasteiger partial charge on any atom is 0.291 e. The van der Waals surface area contributed by atoms with E-state index in [-0.39, 0.29) is 0 Å². The number of rotatable bonds is 3. The molecule has 0 fully saturated rings. The van der Waals surface area contributed by atoms with E-state index in [1.807, 2.05) is 0 Å². The number of nitrogens with zero attached hydrogens (tertiary/aromatic N) is 2. The van der Waals surface area contributed by atoms with Gasteiger partial charge in [0.05, 0.1) is 4.91 Å². The van der Waals surface area contributed by atoms with Gasteiger partial charge in [0.15, 0.2) is 4.87 Å². The molecule has 0 radical (unpaired) electrons. The number of aromatic nitrogens is 1. The van der Waals surface area contributed by atoms with Crippen molar-refractivity contribution in [2.24, 2.45) is 5.84 Å². The van der Waals surface area contributed by atoms with Crippen LogP contribution in [0, 0.1) is 4.91 Å². The molecule has 5 heteroatoms. The highest BCUT2D eigenvalue weighted by molar-refractivity contribution is 5.37. The van der Waals surface area contributed by atoms with Gasteiger partial charge in [0.25, 0.3) is 5.69 Å². The Kier molecular flexibility index (Phi) is 2.77. The van der Waals surface area contributed by atoms with E-state index in [1.54, 1.807) is 48.8 Å². The average Bonchev–Trinajstić information content (AvgIpc) is 2.31. The fraction of sp³-hybridized carbons (Fsp3) is 0. The van der Waals surface area contributed by atoms with E-state index in [2.05, 4.69) is 4.98 Å². The second-order valence-electron chi connectivity index (χ2n) is 3.10. The van der Waals surface area contributed by atoms with Gasteiger partial charge in [-0.15, -0.1) is 0 Å². The van der Waals surface area contributed by atoms with E-state index in [9.17, 15) is 4.91 Å². The van der Waals surface area contributed by atoms with Crippen LogP contribution in [0.1, 0.15) is 0 Å². The van der Waals surface area contributed by atoms with Crippen LogP contribution >= 0.6 is 0 Å². The fourth-order valence-corrected chi connectivity index (χ4v) is 1.20. The molecular formula is C11H10N3O2+. The van der Waals surface area contributed by atoms with Crippen molar-refractivity contribution in [3.63, 3.8) is 0 Å². The Morgan fingerprint density at radius 2 is 1.56 bits per heavy atom. The summed E-state index contributed by atoms with van der Waals surface area (Å²) in [6.07, 6.45) is 3.28. The summed E-state index contributed by atoms with van der Waals surface area (Å²) in [7, 11) is 0. The van der Waals surface area contributed by atoms with Gasteiger partial charge in [0.2, 0.25) is 0 Å². The maximum atomic E-state index is 10.8. The molecule has 1 aromatic heterocycles. The van der Waals surface area contributed by atoms with Crippen LogP contribution in [-0.4, -0.2) is 9.85 Å². The third-order valence-corrected chi connectivity index (χ3v) is 1.98. The molecule has 1 heterocycles. The average molecular weight is 216 g/mol. The fourth-order valence-electron chi connectivity index (χ4n) is 1.20. The Hall–Kier alpha value is -2.43. The molecule has 0 unspecified atom stereocenters. The van der Waals surface area contributed by atoms with Crippen molar-refractivity contribution < 1.29 is 9.61 Å². The van der Waals surface area contributed by atoms with Gasteiger partial charge in [-0.1, -0.05) is 0 Å². The van der Waals surface area contributed by atoms with Crippen molar-refractivity contribution in [2.45, 2.75) is 0 Å². The summed E-state index contributed by atoms with van der Waals surface area (Å²) in [4.78, 5) is 14.9. The van der Waals surface area contributed by atoms with Gasteiger partial charge < -0.3 is 4.74 Å². The third kappa shape index (κ3) is 2.33. The van der Waals surface area contributed by atoms with E-state index < -0.39 is 0 Å². The normalized spacial score (nSPS) is 9.75. The maximum absolute atomic E-state index is 10.8. The molecule has 16 heavy (non-hydrogen) atoms. The van der Waals surface area contributed by atoms with E-state index >= 15 is 0 Å². The molecule has 1 aromatic carbocycles. The van der Waals surface area contributed by atoms with Crippen LogP contribution in [0.25, 0.3) is 0 Å². The number of benzene rings is 1. The lowest BCUT2D eigenvalue weighted by Crippen LogP contribution is -2.08. The highest BCUT2D eigenvalue weighted by atomic mass is 16.5. The molecule has 0 spiro atoms. The molecule has 0 atom stereocenters. The second-order valence-corrected chi connectivity index (χ2v) is 3.10. The third-order valence-electron chi connectivity index (χ3n) is 1.98. The first-order valence-electron chi connectivity index (χ1n) is 4.65. The Morgan fingerprint density at radius 1 is 1.00 bits per heavy atom. The number of nitrogens with two attached hydrogens (primary N) is 1. The lowest BCUT2D eigenvalue weighted by atomic mass is 10.3. The van der Waals surface area contributed by atoms with Gasteiger partial charge in [-0.2, -0.15) is 5.84 Å². The predicted molar refractivity (Wildman–Crippen MR) is 58.2 cm³/mol. The van der Waals surface area contributed by atoms with E-state index in [4.69, 9.17) is 10.6 Å². The highest BCUT2D eigenvalue weighted by Gasteiger charge is 2.07. The molecule has 2 N–H and O–H groups in total. The minimum atomic E-state index is 0.302. The number of hydrogen-bond donors (Lipinski definition) is 1. The lowest BCUT2D eigenvalue weighted by molar-refractivity contribution is -0.474. The molecule has 0 aliphatic carbocycles. The monoisotopic (exact) mass is 216 g/mol. The van der Waals surface area contributed by atoms with Gasteiger partial charge in [0.1, 0.15) is 11.5 Å². The Morgan fingerprint density at radius 3 is 2.12 bits per heavy atom. The zero-order valence-corrected chi connectivity index (χ0v) is 8.41. The first-order valence-corrected chi connectivity index (χ1v) is 4.65. The van der Waals surface area contributed by atoms with Crippen molar-refractivity contribution in [3.05, 3.63) is 53.7 Å². The first-order chi connectivity index (χ1) is 7.75. The molecule has 2 rings (SSSR count). The van der Waals surface area contributed by atoms with Gasteiger partial charge in [-0.3, -0.25) is 4.98 Å². The molecule has 5 nitrogen and oxygen atoms in total. The zero-order valence-electron chi connectivity index (χ0n) is 8.41. The minimum absolute atomic E-state index is 0.302. The summed E-state index contributed by atoms with van der Waals surface area (Å²) >= 11 is 0. The molecule has 2 aromatic rings. The molecular weight excluding hydrogens is 206 g/mol. The van der Waals surface area contributed by atoms with Crippen LogP contribution in [0.2, 0.25) is 0 Å². The quantitative estimate of drug-likeness (QED) is 0.485. The van der Waals surface area contributed by atoms with Crippen LogP contribution in [0.15, 0.2) is 48.8 Å². The molecule has 0 bridgehead atoms. The molecule has 0 saturated heterocycles. The van der Waals surface area contributed by atoms with Crippen molar-refractivity contribution in [2.75, 3.05) is 0 Å². The number of hydrazine groups is 1. The van der Waals surface area contributed by atoms with Crippen molar-refractivity contribution in [3.8, 4) is 11.5 Å². The summed E-state index contributed by atoms with van der Waals surface area (Å²) in [6.45, 7) is 0. The van der Waals surface area contributed by atoms with Crippen molar-refractivity contribution in [1.82, 2.24) is 4.98 Å². The van der Waals surface area contributed by atoms with Gasteiger partial charge >= 0.3 is 0 Å².